The molecule has 0 aliphatic rings. The molecule has 2 N–H and O–H groups in total. The zero-order chi connectivity index (χ0) is 12.3. The summed E-state index contributed by atoms with van der Waals surface area (Å²) < 4.78 is 13.0. The summed E-state index contributed by atoms with van der Waals surface area (Å²) in [7, 11) is 0. The number of aromatic nitrogens is 1. The van der Waals surface area contributed by atoms with E-state index in [0.717, 1.165) is 17.4 Å². The van der Waals surface area contributed by atoms with Crippen molar-refractivity contribution in [2.75, 3.05) is 5.32 Å². The Kier molecular flexibility index (Phi) is 3.23. The van der Waals surface area contributed by atoms with Crippen LogP contribution in [0.5, 0.6) is 5.75 Å². The van der Waals surface area contributed by atoms with E-state index >= 15 is 0 Å². The summed E-state index contributed by atoms with van der Waals surface area (Å²) in [6.07, 6.45) is 1.72. The van der Waals surface area contributed by atoms with Gasteiger partial charge < -0.3 is 10.4 Å². The number of phenolic OH excluding ortho intramolecular Hbond substituents is 1. The average molecular weight is 232 g/mol. The number of hydrogen-bond acceptors (Lipinski definition) is 3. The number of aromatic hydroxyl groups is 1. The number of nitrogens with one attached hydrogen (secondary N) is 1. The van der Waals surface area contributed by atoms with Crippen LogP contribution in [0.4, 0.5) is 10.1 Å². The quantitative estimate of drug-likeness (QED) is 0.855. The zero-order valence-electron chi connectivity index (χ0n) is 9.44. The van der Waals surface area contributed by atoms with Crippen molar-refractivity contribution >= 4 is 5.69 Å². The fourth-order valence-electron chi connectivity index (χ4n) is 1.51. The van der Waals surface area contributed by atoms with Gasteiger partial charge in [0.15, 0.2) is 0 Å². The summed E-state index contributed by atoms with van der Waals surface area (Å²) in [6, 6.07) is 7.79. The summed E-state index contributed by atoms with van der Waals surface area (Å²) in [5.74, 6) is -0.507. The Labute approximate surface area is 98.9 Å². The Morgan fingerprint density at radius 3 is 2.76 bits per heavy atom. The molecule has 0 aliphatic heterocycles. The molecular weight excluding hydrogens is 219 g/mol. The van der Waals surface area contributed by atoms with E-state index in [1.54, 1.807) is 6.20 Å². The van der Waals surface area contributed by atoms with Gasteiger partial charge in [0, 0.05) is 18.3 Å². The van der Waals surface area contributed by atoms with Crippen LogP contribution in [0.2, 0.25) is 0 Å². The molecule has 0 saturated heterocycles. The van der Waals surface area contributed by atoms with Crippen molar-refractivity contribution < 1.29 is 9.50 Å². The van der Waals surface area contributed by atoms with Gasteiger partial charge >= 0.3 is 0 Å². The Morgan fingerprint density at radius 2 is 2.12 bits per heavy atom. The molecule has 0 unspecified atom stereocenters. The van der Waals surface area contributed by atoms with Crippen molar-refractivity contribution in [3.63, 3.8) is 0 Å². The lowest BCUT2D eigenvalue weighted by Crippen LogP contribution is -2.00. The molecule has 3 nitrogen and oxygen atoms in total. The fraction of sp³-hybridized carbons (Fsp3) is 0.154. The Morgan fingerprint density at radius 1 is 1.29 bits per heavy atom. The van der Waals surface area contributed by atoms with E-state index in [1.165, 1.54) is 12.1 Å². The average Bonchev–Trinajstić information content (AvgIpc) is 2.27. The molecule has 0 fully saturated rings. The molecule has 1 aromatic heterocycles. The van der Waals surface area contributed by atoms with E-state index in [0.29, 0.717) is 12.1 Å². The summed E-state index contributed by atoms with van der Waals surface area (Å²) in [4.78, 5) is 4.14. The monoisotopic (exact) mass is 232 g/mol. The molecule has 0 saturated carbocycles. The number of benzene rings is 1. The van der Waals surface area contributed by atoms with Gasteiger partial charge in [0.25, 0.3) is 0 Å². The predicted molar refractivity (Wildman–Crippen MR) is 64.4 cm³/mol. The van der Waals surface area contributed by atoms with Crippen LogP contribution in [-0.4, -0.2) is 10.1 Å². The lowest BCUT2D eigenvalue weighted by Gasteiger charge is -2.07. The highest BCUT2D eigenvalue weighted by atomic mass is 19.1. The molecule has 88 valence electrons. The first-order valence-electron chi connectivity index (χ1n) is 5.28. The second kappa shape index (κ2) is 4.82. The number of hydrogen-bond donors (Lipinski definition) is 2. The van der Waals surface area contributed by atoms with Crippen molar-refractivity contribution in [3.8, 4) is 5.75 Å². The Hall–Kier alpha value is -2.10. The minimum Gasteiger partial charge on any atom is -0.508 e. The molecule has 0 bridgehead atoms. The Balaban J connectivity index is 2.04. The summed E-state index contributed by atoms with van der Waals surface area (Å²) in [5.41, 5.74) is 2.49. The van der Waals surface area contributed by atoms with Gasteiger partial charge in [0.2, 0.25) is 0 Å². The molecule has 0 atom stereocenters. The van der Waals surface area contributed by atoms with E-state index in [2.05, 4.69) is 10.3 Å². The highest BCUT2D eigenvalue weighted by Gasteiger charge is 2.00. The minimum atomic E-state index is -0.441. The van der Waals surface area contributed by atoms with Crippen molar-refractivity contribution in [2.24, 2.45) is 0 Å². The number of phenols is 1. The van der Waals surface area contributed by atoms with Gasteiger partial charge in [0.05, 0.1) is 11.9 Å². The smallest absolute Gasteiger partial charge is 0.127 e. The highest BCUT2D eigenvalue weighted by Crippen LogP contribution is 2.16. The maximum absolute atomic E-state index is 13.0. The van der Waals surface area contributed by atoms with Crippen molar-refractivity contribution in [1.82, 2.24) is 4.98 Å². The summed E-state index contributed by atoms with van der Waals surface area (Å²) in [6.45, 7) is 2.35. The van der Waals surface area contributed by atoms with Gasteiger partial charge in [-0.2, -0.15) is 0 Å². The van der Waals surface area contributed by atoms with E-state index in [9.17, 15) is 9.50 Å². The van der Waals surface area contributed by atoms with Gasteiger partial charge in [-0.05, 0) is 36.8 Å². The lowest BCUT2D eigenvalue weighted by molar-refractivity contribution is 0.468. The van der Waals surface area contributed by atoms with Crippen LogP contribution in [0.3, 0.4) is 0 Å². The van der Waals surface area contributed by atoms with Crippen LogP contribution in [0.15, 0.2) is 36.5 Å². The maximum atomic E-state index is 13.0. The molecule has 0 aliphatic carbocycles. The first-order chi connectivity index (χ1) is 8.13. The number of rotatable bonds is 3. The molecule has 2 aromatic rings. The normalized spacial score (nSPS) is 10.2. The third-order valence-electron chi connectivity index (χ3n) is 2.35. The summed E-state index contributed by atoms with van der Waals surface area (Å²) >= 11 is 0. The van der Waals surface area contributed by atoms with Crippen molar-refractivity contribution in [3.05, 3.63) is 53.6 Å². The Bertz CT molecular complexity index is 491. The molecule has 1 aromatic carbocycles. The van der Waals surface area contributed by atoms with Crippen molar-refractivity contribution in [2.45, 2.75) is 13.5 Å². The topological polar surface area (TPSA) is 45.1 Å². The van der Waals surface area contributed by atoms with Gasteiger partial charge in [-0.3, -0.25) is 4.98 Å². The van der Waals surface area contributed by atoms with Crippen LogP contribution in [-0.2, 0) is 6.54 Å². The number of halogens is 1. The van der Waals surface area contributed by atoms with Crippen LogP contribution >= 0.6 is 0 Å². The third kappa shape index (κ3) is 3.17. The molecule has 4 heteroatoms. The van der Waals surface area contributed by atoms with E-state index < -0.39 is 5.82 Å². The molecular formula is C13H13FN2O. The van der Waals surface area contributed by atoms with Crippen LogP contribution < -0.4 is 5.32 Å². The second-order valence-corrected chi connectivity index (χ2v) is 3.86. The van der Waals surface area contributed by atoms with E-state index in [4.69, 9.17) is 0 Å². The van der Waals surface area contributed by atoms with Crippen LogP contribution in [0.25, 0.3) is 0 Å². The molecule has 1 heterocycles. The molecule has 2 rings (SSSR count). The first kappa shape index (κ1) is 11.4. The number of aryl methyl sites for hydroxylation is 1. The maximum Gasteiger partial charge on any atom is 0.127 e. The van der Waals surface area contributed by atoms with Crippen molar-refractivity contribution in [1.29, 1.82) is 0 Å². The van der Waals surface area contributed by atoms with E-state index in [1.807, 2.05) is 19.1 Å². The van der Waals surface area contributed by atoms with Crippen LogP contribution in [0, 0.1) is 12.7 Å². The molecule has 0 amide bonds. The minimum absolute atomic E-state index is 0.0659. The molecule has 17 heavy (non-hydrogen) atoms. The first-order valence-corrected chi connectivity index (χ1v) is 5.28. The largest absolute Gasteiger partial charge is 0.508 e. The standard InChI is InChI=1S/C13H13FN2O/c1-9-2-3-12(8-15-9)16-7-10-4-11(14)6-13(17)5-10/h2-6,8,16-17H,7H2,1H3. The number of anilines is 1. The molecule has 0 spiro atoms. The van der Waals surface area contributed by atoms with Gasteiger partial charge in [-0.15, -0.1) is 0 Å². The lowest BCUT2D eigenvalue weighted by atomic mass is 10.2. The molecule has 0 radical (unpaired) electrons. The number of nitrogens with zero attached hydrogens (tertiary/aromatic N) is 1. The van der Waals surface area contributed by atoms with Crippen LogP contribution in [0.1, 0.15) is 11.3 Å². The third-order valence-corrected chi connectivity index (χ3v) is 2.35. The van der Waals surface area contributed by atoms with Gasteiger partial charge in [-0.1, -0.05) is 0 Å². The highest BCUT2D eigenvalue weighted by molar-refractivity contribution is 5.42. The zero-order valence-corrected chi connectivity index (χ0v) is 9.44. The van der Waals surface area contributed by atoms with E-state index in [-0.39, 0.29) is 5.75 Å². The number of pyridine rings is 1. The SMILES string of the molecule is Cc1ccc(NCc2cc(O)cc(F)c2)cn1. The summed E-state index contributed by atoms with van der Waals surface area (Å²) in [5, 5.41) is 12.3. The fourth-order valence-corrected chi connectivity index (χ4v) is 1.51. The van der Waals surface area contributed by atoms with Gasteiger partial charge in [0.1, 0.15) is 11.6 Å². The second-order valence-electron chi connectivity index (χ2n) is 3.86. The van der Waals surface area contributed by atoms with Gasteiger partial charge in [-0.25, -0.2) is 4.39 Å². The predicted octanol–water partition coefficient (Wildman–Crippen LogP) is 2.85.